The lowest BCUT2D eigenvalue weighted by molar-refractivity contribution is -0.157. The molecule has 1 aliphatic rings. The standard InChI is InChI=1S/C19H20O7/c1-12(8-15-10-19(23,11-20)18(22)25-15)6-7-24-14-4-2-13-3-5-17(21)26-16(13)9-14/h2-6,9,15,20,23H,7-8,10-11H2,1H3/b12-6+/t15-,19-/m0/s1. The first-order chi connectivity index (χ1) is 12.4. The first-order valence-electron chi connectivity index (χ1n) is 8.26. The molecule has 0 spiro atoms. The number of carbonyl (C=O) groups is 1. The topological polar surface area (TPSA) is 106 Å². The lowest BCUT2D eigenvalue weighted by atomic mass is 9.97. The number of esters is 1. The Labute approximate surface area is 149 Å². The Hall–Kier alpha value is -2.64. The first kappa shape index (κ1) is 18.2. The largest absolute Gasteiger partial charge is 0.489 e. The van der Waals surface area contributed by atoms with Crippen molar-refractivity contribution >= 4 is 16.9 Å². The smallest absolute Gasteiger partial charge is 0.341 e. The molecule has 0 bridgehead atoms. The molecule has 0 radical (unpaired) electrons. The van der Waals surface area contributed by atoms with Crippen molar-refractivity contribution in [3.63, 3.8) is 0 Å². The van der Waals surface area contributed by atoms with Gasteiger partial charge >= 0.3 is 11.6 Å². The number of rotatable bonds is 6. The van der Waals surface area contributed by atoms with Crippen LogP contribution in [0.2, 0.25) is 0 Å². The predicted molar refractivity (Wildman–Crippen MR) is 92.9 cm³/mol. The van der Waals surface area contributed by atoms with Gasteiger partial charge < -0.3 is 24.1 Å². The van der Waals surface area contributed by atoms with Crippen molar-refractivity contribution in [1.82, 2.24) is 0 Å². The number of hydrogen-bond donors (Lipinski definition) is 2. The second-order valence-electron chi connectivity index (χ2n) is 6.44. The number of benzene rings is 1. The second-order valence-corrected chi connectivity index (χ2v) is 6.44. The van der Waals surface area contributed by atoms with Crippen molar-refractivity contribution in [2.45, 2.75) is 31.5 Å². The van der Waals surface area contributed by atoms with Crippen molar-refractivity contribution < 1.29 is 28.9 Å². The fraction of sp³-hybridized carbons (Fsp3) is 0.368. The van der Waals surface area contributed by atoms with Crippen molar-refractivity contribution in [3.05, 3.63) is 52.4 Å². The Bertz CT molecular complexity index is 898. The van der Waals surface area contributed by atoms with Crippen LogP contribution in [0.25, 0.3) is 11.0 Å². The van der Waals surface area contributed by atoms with E-state index in [1.54, 1.807) is 24.3 Å². The van der Waals surface area contributed by atoms with Gasteiger partial charge in [-0.3, -0.25) is 0 Å². The molecular weight excluding hydrogens is 340 g/mol. The highest BCUT2D eigenvalue weighted by atomic mass is 16.6. The molecule has 1 aliphatic heterocycles. The molecule has 1 fully saturated rings. The summed E-state index contributed by atoms with van der Waals surface area (Å²) in [6, 6.07) is 8.29. The van der Waals surface area contributed by atoms with E-state index in [1.165, 1.54) is 6.07 Å². The molecule has 0 aliphatic carbocycles. The van der Waals surface area contributed by atoms with Crippen molar-refractivity contribution in [3.8, 4) is 5.75 Å². The Morgan fingerprint density at radius 1 is 1.35 bits per heavy atom. The van der Waals surface area contributed by atoms with Crippen LogP contribution in [0.1, 0.15) is 19.8 Å². The zero-order chi connectivity index (χ0) is 18.7. The van der Waals surface area contributed by atoms with Crippen LogP contribution >= 0.6 is 0 Å². The number of aliphatic hydroxyl groups is 2. The maximum atomic E-state index is 11.5. The summed E-state index contributed by atoms with van der Waals surface area (Å²) in [4.78, 5) is 22.8. The summed E-state index contributed by atoms with van der Waals surface area (Å²) in [6.45, 7) is 1.51. The van der Waals surface area contributed by atoms with Gasteiger partial charge in [0.25, 0.3) is 0 Å². The van der Waals surface area contributed by atoms with E-state index in [0.29, 0.717) is 24.4 Å². The summed E-state index contributed by atoms with van der Waals surface area (Å²) < 4.78 is 15.8. The molecule has 1 saturated heterocycles. The highest BCUT2D eigenvalue weighted by molar-refractivity contribution is 5.81. The van der Waals surface area contributed by atoms with Crippen LogP contribution < -0.4 is 10.4 Å². The van der Waals surface area contributed by atoms with Gasteiger partial charge in [-0.1, -0.05) is 5.57 Å². The minimum absolute atomic E-state index is 0.0675. The van der Waals surface area contributed by atoms with E-state index in [9.17, 15) is 14.7 Å². The monoisotopic (exact) mass is 360 g/mol. The van der Waals surface area contributed by atoms with Crippen LogP contribution in [0, 0.1) is 0 Å². The van der Waals surface area contributed by atoms with E-state index < -0.39 is 29.9 Å². The van der Waals surface area contributed by atoms with E-state index in [1.807, 2.05) is 13.0 Å². The molecular formula is C19H20O7. The summed E-state index contributed by atoms with van der Waals surface area (Å²) >= 11 is 0. The first-order valence-corrected chi connectivity index (χ1v) is 8.26. The molecule has 0 saturated carbocycles. The summed E-state index contributed by atoms with van der Waals surface area (Å²) in [5.74, 6) is -0.218. The van der Waals surface area contributed by atoms with Crippen molar-refractivity contribution in [2.24, 2.45) is 0 Å². The zero-order valence-corrected chi connectivity index (χ0v) is 14.3. The van der Waals surface area contributed by atoms with Gasteiger partial charge in [0, 0.05) is 30.4 Å². The third kappa shape index (κ3) is 3.95. The maximum absolute atomic E-state index is 11.5. The average Bonchev–Trinajstić information content (AvgIpc) is 2.88. The van der Waals surface area contributed by atoms with Gasteiger partial charge in [0.2, 0.25) is 0 Å². The number of fused-ring (bicyclic) bond motifs is 1. The normalized spacial score (nSPS) is 23.3. The molecule has 0 unspecified atom stereocenters. The van der Waals surface area contributed by atoms with Crippen LogP contribution in [0.3, 0.4) is 0 Å². The molecule has 2 atom stereocenters. The minimum Gasteiger partial charge on any atom is -0.489 e. The molecule has 1 aromatic heterocycles. The Morgan fingerprint density at radius 3 is 2.85 bits per heavy atom. The summed E-state index contributed by atoms with van der Waals surface area (Å²) in [5, 5.41) is 19.8. The summed E-state index contributed by atoms with van der Waals surface area (Å²) in [7, 11) is 0. The van der Waals surface area contributed by atoms with Crippen LogP contribution in [0.15, 0.2) is 51.2 Å². The molecule has 7 nitrogen and oxygen atoms in total. The molecule has 7 heteroatoms. The van der Waals surface area contributed by atoms with E-state index in [-0.39, 0.29) is 6.42 Å². The fourth-order valence-corrected chi connectivity index (χ4v) is 2.86. The number of ether oxygens (including phenoxy) is 2. The zero-order valence-electron chi connectivity index (χ0n) is 14.3. The highest BCUT2D eigenvalue weighted by Crippen LogP contribution is 2.29. The van der Waals surface area contributed by atoms with Gasteiger partial charge in [-0.15, -0.1) is 0 Å². The molecule has 3 rings (SSSR count). The SMILES string of the molecule is C/C(=C\COc1ccc2ccc(=O)oc2c1)C[C@H]1C[C@](O)(CO)C(=O)O1. The van der Waals surface area contributed by atoms with Gasteiger partial charge in [0.05, 0.1) is 6.61 Å². The Morgan fingerprint density at radius 2 is 2.12 bits per heavy atom. The van der Waals surface area contributed by atoms with E-state index in [4.69, 9.17) is 19.0 Å². The predicted octanol–water partition coefficient (Wildman–Crippen LogP) is 1.55. The number of cyclic esters (lactones) is 1. The van der Waals surface area contributed by atoms with Crippen molar-refractivity contribution in [1.29, 1.82) is 0 Å². The molecule has 138 valence electrons. The summed E-state index contributed by atoms with van der Waals surface area (Å²) in [6.07, 6.45) is 1.89. The van der Waals surface area contributed by atoms with Crippen LogP contribution in [0.5, 0.6) is 5.75 Å². The fourth-order valence-electron chi connectivity index (χ4n) is 2.86. The third-order valence-electron chi connectivity index (χ3n) is 4.31. The lowest BCUT2D eigenvalue weighted by Gasteiger charge is -2.13. The number of carbonyl (C=O) groups excluding carboxylic acids is 1. The molecule has 1 aromatic carbocycles. The molecule has 2 aromatic rings. The van der Waals surface area contributed by atoms with E-state index in [2.05, 4.69) is 0 Å². The molecule has 2 N–H and O–H groups in total. The van der Waals surface area contributed by atoms with Gasteiger partial charge in [-0.05, 0) is 31.2 Å². The van der Waals surface area contributed by atoms with Gasteiger partial charge in [-0.2, -0.15) is 0 Å². The maximum Gasteiger partial charge on any atom is 0.341 e. The van der Waals surface area contributed by atoms with Crippen LogP contribution in [0.4, 0.5) is 0 Å². The Balaban J connectivity index is 1.57. The van der Waals surface area contributed by atoms with Crippen LogP contribution in [-0.2, 0) is 9.53 Å². The number of hydrogen-bond acceptors (Lipinski definition) is 7. The second kappa shape index (κ2) is 7.31. The van der Waals surface area contributed by atoms with E-state index >= 15 is 0 Å². The molecule has 0 amide bonds. The minimum atomic E-state index is -1.80. The average molecular weight is 360 g/mol. The van der Waals surface area contributed by atoms with Gasteiger partial charge in [0.15, 0.2) is 5.60 Å². The quantitative estimate of drug-likeness (QED) is 0.457. The molecule has 2 heterocycles. The summed E-state index contributed by atoms with van der Waals surface area (Å²) in [5.41, 5.74) is -0.829. The lowest BCUT2D eigenvalue weighted by Crippen LogP contribution is -2.38. The molecule has 26 heavy (non-hydrogen) atoms. The Kier molecular flexibility index (Phi) is 5.11. The van der Waals surface area contributed by atoms with Crippen LogP contribution in [-0.4, -0.2) is 41.1 Å². The third-order valence-corrected chi connectivity index (χ3v) is 4.31. The highest BCUT2D eigenvalue weighted by Gasteiger charge is 2.47. The van der Waals surface area contributed by atoms with Gasteiger partial charge in [0.1, 0.15) is 24.0 Å². The van der Waals surface area contributed by atoms with Gasteiger partial charge in [-0.25, -0.2) is 9.59 Å². The number of aliphatic hydroxyl groups excluding tert-OH is 1. The van der Waals surface area contributed by atoms with Crippen molar-refractivity contribution in [2.75, 3.05) is 13.2 Å². The van der Waals surface area contributed by atoms with E-state index in [0.717, 1.165) is 11.0 Å².